The van der Waals surface area contributed by atoms with Gasteiger partial charge in [-0.1, -0.05) is 30.3 Å². The van der Waals surface area contributed by atoms with Crippen LogP contribution in [0.4, 0.5) is 9.80 Å². The van der Waals surface area contributed by atoms with Gasteiger partial charge in [-0.3, -0.25) is 5.32 Å². The topological polar surface area (TPSA) is 110 Å². The van der Waals surface area contributed by atoms with Gasteiger partial charge >= 0.3 is 12.0 Å². The van der Waals surface area contributed by atoms with Gasteiger partial charge in [-0.15, -0.1) is 0 Å². The molecular weight excluding hydrogens is 346 g/mol. The van der Waals surface area contributed by atoms with Crippen LogP contribution in [-0.2, 0) is 11.3 Å². The Morgan fingerprint density at radius 3 is 2.68 bits per heavy atom. The Bertz CT molecular complexity index is 705. The van der Waals surface area contributed by atoms with Gasteiger partial charge in [-0.25, -0.2) is 9.59 Å². The number of nitrogens with zero attached hydrogens (tertiary/aromatic N) is 1. The first-order chi connectivity index (χ1) is 12.1. The molecule has 2 amide bonds. The summed E-state index contributed by atoms with van der Waals surface area (Å²) in [5, 5.41) is 14.2. The summed E-state index contributed by atoms with van der Waals surface area (Å²) in [5.74, 6) is -1.22. The number of carboxylic acid groups (broad SMARTS) is 1. The molecule has 0 saturated heterocycles. The molecule has 0 fully saturated rings. The summed E-state index contributed by atoms with van der Waals surface area (Å²) in [6.07, 6.45) is 0.585. The first kappa shape index (κ1) is 18.7. The van der Waals surface area contributed by atoms with Crippen molar-refractivity contribution >= 4 is 28.5 Å². The largest absolute Gasteiger partial charge is 0.477 e. The van der Waals surface area contributed by atoms with Gasteiger partial charge in [0.25, 0.3) is 0 Å². The Labute approximate surface area is 148 Å². The van der Waals surface area contributed by atoms with Crippen molar-refractivity contribution in [3.63, 3.8) is 0 Å². The highest BCUT2D eigenvalue weighted by Gasteiger charge is 2.23. The molecule has 2 aromatic rings. The van der Waals surface area contributed by atoms with E-state index in [2.05, 4.69) is 15.0 Å². The van der Waals surface area contributed by atoms with E-state index in [0.717, 1.165) is 17.1 Å². The maximum Gasteiger partial charge on any atom is 0.344 e. The van der Waals surface area contributed by atoms with Gasteiger partial charge in [-0.05, 0) is 17.1 Å². The van der Waals surface area contributed by atoms with Crippen LogP contribution in [0.25, 0.3) is 0 Å². The van der Waals surface area contributed by atoms with Crippen LogP contribution in [0.15, 0.2) is 30.3 Å². The third-order valence-corrected chi connectivity index (χ3v) is 3.86. The number of hydrogen-bond donors (Lipinski definition) is 3. The first-order valence-electron chi connectivity index (χ1n) is 7.58. The van der Waals surface area contributed by atoms with E-state index in [1.165, 1.54) is 7.05 Å². The monoisotopic (exact) mass is 365 g/mol. The number of carbonyl (C=O) groups is 2. The molecule has 8 nitrogen and oxygen atoms in total. The summed E-state index contributed by atoms with van der Waals surface area (Å²) in [5.41, 5.74) is 0.930. The Morgan fingerprint density at radius 2 is 2.00 bits per heavy atom. The highest BCUT2D eigenvalue weighted by molar-refractivity contribution is 7.11. The summed E-state index contributed by atoms with van der Waals surface area (Å²) in [6, 6.07) is 9.27. The number of amides is 2. The van der Waals surface area contributed by atoms with Crippen molar-refractivity contribution in [2.75, 3.05) is 25.6 Å². The fourth-order valence-electron chi connectivity index (χ4n) is 1.91. The van der Waals surface area contributed by atoms with E-state index in [1.54, 1.807) is 0 Å². The number of aromatic carboxylic acids is 1. The molecule has 0 radical (unpaired) electrons. The number of ether oxygens (including phenoxy) is 2. The van der Waals surface area contributed by atoms with E-state index in [1.807, 2.05) is 30.3 Å². The second kappa shape index (κ2) is 9.60. The lowest BCUT2D eigenvalue weighted by molar-refractivity contribution is 0.0692. The number of aromatic nitrogens is 1. The zero-order chi connectivity index (χ0) is 18.1. The highest BCUT2D eigenvalue weighted by Crippen LogP contribution is 2.30. The van der Waals surface area contributed by atoms with Crippen LogP contribution >= 0.6 is 11.5 Å². The van der Waals surface area contributed by atoms with Crippen LogP contribution in [0, 0.1) is 0 Å². The van der Waals surface area contributed by atoms with Crippen molar-refractivity contribution < 1.29 is 24.2 Å². The average Bonchev–Trinajstić information content (AvgIpc) is 3.01. The zero-order valence-corrected chi connectivity index (χ0v) is 14.5. The number of hydrogen-bond acceptors (Lipinski definition) is 6. The summed E-state index contributed by atoms with van der Waals surface area (Å²) in [4.78, 5) is 22.7. The predicted octanol–water partition coefficient (Wildman–Crippen LogP) is 2.58. The summed E-state index contributed by atoms with van der Waals surface area (Å²) >= 11 is 0.855. The number of carbonyl (C=O) groups excluding carboxylic acids is 1. The van der Waals surface area contributed by atoms with Crippen LogP contribution in [-0.4, -0.2) is 41.7 Å². The van der Waals surface area contributed by atoms with Crippen molar-refractivity contribution in [2.24, 2.45) is 0 Å². The van der Waals surface area contributed by atoms with Gasteiger partial charge in [0, 0.05) is 13.5 Å². The van der Waals surface area contributed by atoms with Gasteiger partial charge in [0.2, 0.25) is 5.88 Å². The van der Waals surface area contributed by atoms with Crippen LogP contribution in [0.2, 0.25) is 0 Å². The summed E-state index contributed by atoms with van der Waals surface area (Å²) in [7, 11) is 1.43. The Hall–Kier alpha value is -2.65. The highest BCUT2D eigenvalue weighted by atomic mass is 32.1. The molecule has 0 spiro atoms. The fraction of sp³-hybridized carbons (Fsp3) is 0.312. The minimum Gasteiger partial charge on any atom is -0.477 e. The van der Waals surface area contributed by atoms with Gasteiger partial charge in [0.05, 0.1) is 19.8 Å². The lowest BCUT2D eigenvalue weighted by Crippen LogP contribution is -2.24. The van der Waals surface area contributed by atoms with Crippen molar-refractivity contribution in [1.29, 1.82) is 0 Å². The van der Waals surface area contributed by atoms with Gasteiger partial charge in [-0.2, -0.15) is 4.37 Å². The van der Waals surface area contributed by atoms with Gasteiger partial charge in [0.1, 0.15) is 5.00 Å². The molecule has 134 valence electrons. The summed E-state index contributed by atoms with van der Waals surface area (Å²) < 4.78 is 14.9. The maximum absolute atomic E-state index is 11.4. The Morgan fingerprint density at radius 1 is 1.24 bits per heavy atom. The fourth-order valence-corrected chi connectivity index (χ4v) is 2.63. The van der Waals surface area contributed by atoms with E-state index in [4.69, 9.17) is 9.47 Å². The van der Waals surface area contributed by atoms with E-state index in [9.17, 15) is 14.7 Å². The number of benzene rings is 1. The molecule has 0 aliphatic carbocycles. The lowest BCUT2D eigenvalue weighted by Gasteiger charge is -2.06. The minimum absolute atomic E-state index is 0.00744. The molecule has 0 saturated carbocycles. The smallest absolute Gasteiger partial charge is 0.344 e. The molecule has 1 heterocycles. The van der Waals surface area contributed by atoms with Gasteiger partial charge in [0.15, 0.2) is 5.56 Å². The molecule has 3 N–H and O–H groups in total. The van der Waals surface area contributed by atoms with E-state index in [0.29, 0.717) is 19.6 Å². The van der Waals surface area contributed by atoms with Gasteiger partial charge < -0.3 is 19.9 Å². The molecular formula is C16H19N3O5S. The third-order valence-electron chi connectivity index (χ3n) is 3.11. The normalized spacial score (nSPS) is 10.3. The van der Waals surface area contributed by atoms with Crippen molar-refractivity contribution in [3.8, 4) is 5.88 Å². The second-order valence-electron chi connectivity index (χ2n) is 4.94. The van der Waals surface area contributed by atoms with Crippen molar-refractivity contribution in [2.45, 2.75) is 13.0 Å². The zero-order valence-electron chi connectivity index (χ0n) is 13.7. The number of urea groups is 1. The quantitative estimate of drug-likeness (QED) is 0.589. The van der Waals surface area contributed by atoms with E-state index < -0.39 is 12.0 Å². The molecule has 0 bridgehead atoms. The van der Waals surface area contributed by atoms with Crippen molar-refractivity contribution in [3.05, 3.63) is 41.5 Å². The number of rotatable bonds is 9. The standard InChI is InChI=1S/C16H19N3O5S/c1-17-16(22)18-14-12(15(20)21)13(19-25-14)24-9-5-8-23-10-11-6-3-2-4-7-11/h2-4,6-7H,5,8-10H2,1H3,(H,20,21)(H2,17,18,22). The van der Waals surface area contributed by atoms with Crippen molar-refractivity contribution in [1.82, 2.24) is 9.69 Å². The third kappa shape index (κ3) is 5.73. The number of anilines is 1. The molecule has 1 aromatic carbocycles. The minimum atomic E-state index is -1.21. The van der Waals surface area contributed by atoms with Crippen LogP contribution in [0.5, 0.6) is 5.88 Å². The van der Waals surface area contributed by atoms with Crippen LogP contribution < -0.4 is 15.4 Å². The molecule has 2 rings (SSSR count). The number of carboxylic acids is 1. The second-order valence-corrected chi connectivity index (χ2v) is 5.71. The Kier molecular flexibility index (Phi) is 7.17. The lowest BCUT2D eigenvalue weighted by atomic mass is 10.2. The van der Waals surface area contributed by atoms with Crippen LogP contribution in [0.1, 0.15) is 22.3 Å². The average molecular weight is 365 g/mol. The SMILES string of the molecule is CNC(=O)Nc1snc(OCCCOCc2ccccc2)c1C(=O)O. The maximum atomic E-state index is 11.4. The number of nitrogens with one attached hydrogen (secondary N) is 2. The molecule has 0 aliphatic rings. The first-order valence-corrected chi connectivity index (χ1v) is 8.35. The molecule has 9 heteroatoms. The molecule has 0 aliphatic heterocycles. The Balaban J connectivity index is 1.78. The molecule has 0 atom stereocenters. The summed E-state index contributed by atoms with van der Waals surface area (Å²) in [6.45, 7) is 1.25. The molecule has 0 unspecified atom stereocenters. The van der Waals surface area contributed by atoms with E-state index >= 15 is 0 Å². The van der Waals surface area contributed by atoms with E-state index in [-0.39, 0.29) is 23.1 Å². The molecule has 1 aromatic heterocycles. The van der Waals surface area contributed by atoms with Crippen LogP contribution in [0.3, 0.4) is 0 Å². The molecule has 25 heavy (non-hydrogen) atoms. The predicted molar refractivity (Wildman–Crippen MR) is 93.4 cm³/mol.